The van der Waals surface area contributed by atoms with E-state index in [2.05, 4.69) is 10.3 Å². The number of nitrogens with zero attached hydrogens (tertiary/aromatic N) is 2. The average molecular weight is 281 g/mol. The van der Waals surface area contributed by atoms with E-state index >= 15 is 0 Å². The minimum absolute atomic E-state index is 0.145. The number of aromatic nitrogens is 1. The van der Waals surface area contributed by atoms with Crippen LogP contribution in [0.1, 0.15) is 43.7 Å². The Morgan fingerprint density at radius 1 is 1.42 bits per heavy atom. The summed E-state index contributed by atoms with van der Waals surface area (Å²) in [7, 11) is 0. The molecule has 19 heavy (non-hydrogen) atoms. The molecule has 2 fully saturated rings. The lowest BCUT2D eigenvalue weighted by Gasteiger charge is -2.29. The predicted octanol–water partition coefficient (Wildman–Crippen LogP) is 2.40. The van der Waals surface area contributed by atoms with Crippen LogP contribution in [0.4, 0.5) is 9.93 Å². The molecular weight excluding hydrogens is 262 g/mol. The number of thiazole rings is 1. The van der Waals surface area contributed by atoms with Gasteiger partial charge in [-0.15, -0.1) is 11.3 Å². The van der Waals surface area contributed by atoms with Gasteiger partial charge >= 0.3 is 6.03 Å². The van der Waals surface area contributed by atoms with Crippen LogP contribution in [0.5, 0.6) is 0 Å². The number of nitrogens with one attached hydrogen (secondary N) is 1. The largest absolute Gasteiger partial charge is 0.391 e. The van der Waals surface area contributed by atoms with Gasteiger partial charge in [0, 0.05) is 24.4 Å². The highest BCUT2D eigenvalue weighted by molar-refractivity contribution is 7.13. The third kappa shape index (κ3) is 2.90. The van der Waals surface area contributed by atoms with Crippen molar-refractivity contribution in [3.05, 3.63) is 11.1 Å². The van der Waals surface area contributed by atoms with Gasteiger partial charge in [0.05, 0.1) is 11.8 Å². The van der Waals surface area contributed by atoms with E-state index in [0.717, 1.165) is 18.5 Å². The standard InChI is InChI=1S/C13H19N3O2S/c17-10-5-2-6-16(7-10)13(18)15-12-14-11(8-19-12)9-3-1-4-9/h8-10,17H,1-7H2,(H,14,15,18)/t10-/m0/s1. The first-order chi connectivity index (χ1) is 9.22. The maximum atomic E-state index is 12.0. The number of carbonyl (C=O) groups excluding carboxylic acids is 1. The number of likely N-dealkylation sites (tertiary alicyclic amines) is 1. The number of carbonyl (C=O) groups is 1. The van der Waals surface area contributed by atoms with Crippen molar-refractivity contribution in [2.24, 2.45) is 0 Å². The Balaban J connectivity index is 1.57. The van der Waals surface area contributed by atoms with Gasteiger partial charge in [-0.25, -0.2) is 9.78 Å². The molecular formula is C13H19N3O2S. The molecule has 1 aromatic heterocycles. The third-order valence-corrected chi connectivity index (χ3v) is 4.72. The number of aliphatic hydroxyl groups is 1. The molecule has 2 N–H and O–H groups in total. The summed E-state index contributed by atoms with van der Waals surface area (Å²) >= 11 is 1.49. The molecule has 1 saturated heterocycles. The Kier molecular flexibility index (Phi) is 3.70. The molecule has 0 unspecified atom stereocenters. The van der Waals surface area contributed by atoms with E-state index < -0.39 is 0 Å². The van der Waals surface area contributed by atoms with Crippen LogP contribution in [0, 0.1) is 0 Å². The molecule has 1 atom stereocenters. The number of piperidine rings is 1. The number of aliphatic hydroxyl groups excluding tert-OH is 1. The van der Waals surface area contributed by atoms with E-state index in [4.69, 9.17) is 0 Å². The summed E-state index contributed by atoms with van der Waals surface area (Å²) in [5.41, 5.74) is 1.12. The zero-order valence-corrected chi connectivity index (χ0v) is 11.7. The Morgan fingerprint density at radius 3 is 2.95 bits per heavy atom. The van der Waals surface area contributed by atoms with E-state index in [9.17, 15) is 9.90 Å². The first kappa shape index (κ1) is 12.9. The van der Waals surface area contributed by atoms with Gasteiger partial charge in [-0.3, -0.25) is 5.32 Å². The van der Waals surface area contributed by atoms with Crippen molar-refractivity contribution in [2.45, 2.75) is 44.1 Å². The van der Waals surface area contributed by atoms with Crippen LogP contribution in [-0.2, 0) is 0 Å². The van der Waals surface area contributed by atoms with E-state index in [0.29, 0.717) is 24.1 Å². The highest BCUT2D eigenvalue weighted by Crippen LogP contribution is 2.37. The topological polar surface area (TPSA) is 65.5 Å². The van der Waals surface area contributed by atoms with Crippen LogP contribution in [0.2, 0.25) is 0 Å². The zero-order chi connectivity index (χ0) is 13.2. The summed E-state index contributed by atoms with van der Waals surface area (Å²) < 4.78 is 0. The summed E-state index contributed by atoms with van der Waals surface area (Å²) in [4.78, 5) is 18.2. The van der Waals surface area contributed by atoms with Crippen molar-refractivity contribution in [1.29, 1.82) is 0 Å². The highest BCUT2D eigenvalue weighted by Gasteiger charge is 2.24. The van der Waals surface area contributed by atoms with Crippen molar-refractivity contribution < 1.29 is 9.90 Å². The third-order valence-electron chi connectivity index (χ3n) is 3.94. The van der Waals surface area contributed by atoms with Crippen molar-refractivity contribution in [2.75, 3.05) is 18.4 Å². The van der Waals surface area contributed by atoms with Crippen LogP contribution < -0.4 is 5.32 Å². The van der Waals surface area contributed by atoms with Gasteiger partial charge in [-0.05, 0) is 25.7 Å². The second kappa shape index (κ2) is 5.46. The van der Waals surface area contributed by atoms with Gasteiger partial charge in [0.2, 0.25) is 0 Å². The monoisotopic (exact) mass is 281 g/mol. The van der Waals surface area contributed by atoms with E-state index in [1.165, 1.54) is 30.6 Å². The molecule has 2 amide bonds. The van der Waals surface area contributed by atoms with Gasteiger partial charge in [-0.1, -0.05) is 6.42 Å². The number of hydrogen-bond donors (Lipinski definition) is 2. The van der Waals surface area contributed by atoms with Crippen LogP contribution in [0.25, 0.3) is 0 Å². The van der Waals surface area contributed by atoms with E-state index in [1.54, 1.807) is 4.90 Å². The molecule has 104 valence electrons. The molecule has 1 aromatic rings. The lowest BCUT2D eigenvalue weighted by Crippen LogP contribution is -2.44. The molecule has 3 rings (SSSR count). The smallest absolute Gasteiger partial charge is 0.323 e. The average Bonchev–Trinajstić information content (AvgIpc) is 2.75. The van der Waals surface area contributed by atoms with E-state index in [1.807, 2.05) is 5.38 Å². The van der Waals surface area contributed by atoms with Gasteiger partial charge < -0.3 is 10.0 Å². The minimum Gasteiger partial charge on any atom is -0.391 e. The summed E-state index contributed by atoms with van der Waals surface area (Å²) in [6.07, 6.45) is 4.98. The normalized spacial score (nSPS) is 24.1. The molecule has 1 aliphatic carbocycles. The van der Waals surface area contributed by atoms with Crippen molar-refractivity contribution in [3.63, 3.8) is 0 Å². The molecule has 1 aliphatic heterocycles. The number of β-amino-alcohol motifs (C(OH)–C–C–N with tert-alkyl or cyclic N) is 1. The molecule has 0 bridgehead atoms. The Hall–Kier alpha value is -1.14. The maximum absolute atomic E-state index is 12.0. The lowest BCUT2D eigenvalue weighted by atomic mass is 9.83. The number of anilines is 1. The van der Waals surface area contributed by atoms with Crippen LogP contribution in [0.3, 0.4) is 0 Å². The summed E-state index contributed by atoms with van der Waals surface area (Å²) in [6.45, 7) is 1.14. The minimum atomic E-state index is -0.388. The Morgan fingerprint density at radius 2 is 2.26 bits per heavy atom. The van der Waals surface area contributed by atoms with E-state index in [-0.39, 0.29) is 12.1 Å². The number of urea groups is 1. The lowest BCUT2D eigenvalue weighted by molar-refractivity contribution is 0.0883. The molecule has 0 aromatic carbocycles. The first-order valence-corrected chi connectivity index (χ1v) is 7.80. The van der Waals surface area contributed by atoms with Crippen molar-refractivity contribution in [3.8, 4) is 0 Å². The molecule has 5 nitrogen and oxygen atoms in total. The fourth-order valence-electron chi connectivity index (χ4n) is 2.54. The number of rotatable bonds is 2. The zero-order valence-electron chi connectivity index (χ0n) is 10.8. The Labute approximate surface area is 116 Å². The quantitative estimate of drug-likeness (QED) is 0.875. The molecule has 6 heteroatoms. The van der Waals surface area contributed by atoms with Gasteiger partial charge in [0.25, 0.3) is 0 Å². The fourth-order valence-corrected chi connectivity index (χ4v) is 3.33. The first-order valence-electron chi connectivity index (χ1n) is 6.92. The molecule has 2 heterocycles. The SMILES string of the molecule is O=C(Nc1nc(C2CCC2)cs1)N1CCC[C@H](O)C1. The predicted molar refractivity (Wildman–Crippen MR) is 74.5 cm³/mol. The number of hydrogen-bond acceptors (Lipinski definition) is 4. The summed E-state index contributed by atoms with van der Waals surface area (Å²) in [5, 5.41) is 15.1. The summed E-state index contributed by atoms with van der Waals surface area (Å²) in [5.74, 6) is 0.596. The van der Waals surface area contributed by atoms with Crippen molar-refractivity contribution in [1.82, 2.24) is 9.88 Å². The van der Waals surface area contributed by atoms with Gasteiger partial charge in [-0.2, -0.15) is 0 Å². The fraction of sp³-hybridized carbons (Fsp3) is 0.692. The highest BCUT2D eigenvalue weighted by atomic mass is 32.1. The molecule has 0 radical (unpaired) electrons. The van der Waals surface area contributed by atoms with Gasteiger partial charge in [0.1, 0.15) is 0 Å². The van der Waals surface area contributed by atoms with Crippen LogP contribution in [0.15, 0.2) is 5.38 Å². The second-order valence-electron chi connectivity index (χ2n) is 5.38. The second-order valence-corrected chi connectivity index (χ2v) is 6.24. The number of amides is 2. The Bertz CT molecular complexity index is 458. The van der Waals surface area contributed by atoms with Crippen LogP contribution in [-0.4, -0.2) is 40.2 Å². The molecule has 0 spiro atoms. The molecule has 2 aliphatic rings. The maximum Gasteiger partial charge on any atom is 0.323 e. The molecule has 1 saturated carbocycles. The summed E-state index contributed by atoms with van der Waals surface area (Å²) in [6, 6.07) is -0.145. The van der Waals surface area contributed by atoms with Crippen LogP contribution >= 0.6 is 11.3 Å². The van der Waals surface area contributed by atoms with Crippen molar-refractivity contribution >= 4 is 22.5 Å². The van der Waals surface area contributed by atoms with Gasteiger partial charge in [0.15, 0.2) is 5.13 Å².